The molecule has 0 saturated heterocycles. The number of carbonyl (C=O) groups is 1. The second-order valence-electron chi connectivity index (χ2n) is 8.94. The number of rotatable bonds is 9. The molecule has 1 atom stereocenters. The van der Waals surface area contributed by atoms with Crippen molar-refractivity contribution in [1.82, 2.24) is 19.4 Å². The topological polar surface area (TPSA) is 84.3 Å². The number of amides is 1. The van der Waals surface area contributed by atoms with Crippen LogP contribution in [0.4, 0.5) is 0 Å². The van der Waals surface area contributed by atoms with Crippen LogP contribution in [0, 0.1) is 0 Å². The summed E-state index contributed by atoms with van der Waals surface area (Å²) in [4.78, 5) is 14.8. The summed E-state index contributed by atoms with van der Waals surface area (Å²) in [5.74, 6) is -0.314. The van der Waals surface area contributed by atoms with Crippen LogP contribution in [0.1, 0.15) is 81.8 Å². The van der Waals surface area contributed by atoms with Crippen molar-refractivity contribution >= 4 is 27.5 Å². The highest BCUT2D eigenvalue weighted by molar-refractivity contribution is 7.90. The van der Waals surface area contributed by atoms with E-state index >= 15 is 0 Å². The van der Waals surface area contributed by atoms with Crippen LogP contribution in [0.2, 0.25) is 5.02 Å². The first-order valence-electron chi connectivity index (χ1n) is 10.9. The minimum absolute atomic E-state index is 0.0293. The maximum absolute atomic E-state index is 13.0. The van der Waals surface area contributed by atoms with Crippen LogP contribution in [0.5, 0.6) is 0 Å². The lowest BCUT2D eigenvalue weighted by Crippen LogP contribution is -2.32. The van der Waals surface area contributed by atoms with Gasteiger partial charge >= 0.3 is 0 Å². The summed E-state index contributed by atoms with van der Waals surface area (Å²) in [5.41, 5.74) is 3.50. The predicted octanol–water partition coefficient (Wildman–Crippen LogP) is 4.47. The second kappa shape index (κ2) is 10.4. The molecule has 1 unspecified atom stereocenters. The van der Waals surface area contributed by atoms with E-state index in [1.807, 2.05) is 72.7 Å². The zero-order valence-electron chi connectivity index (χ0n) is 20.2. The van der Waals surface area contributed by atoms with Gasteiger partial charge < -0.3 is 4.90 Å². The van der Waals surface area contributed by atoms with E-state index in [0.717, 1.165) is 22.4 Å². The Hall–Kier alpha value is -1.90. The van der Waals surface area contributed by atoms with Gasteiger partial charge in [-0.15, -0.1) is 0 Å². The minimum atomic E-state index is -4.10. The van der Waals surface area contributed by atoms with E-state index in [9.17, 15) is 13.2 Å². The Morgan fingerprint density at radius 1 is 1.09 bits per heavy atom. The van der Waals surface area contributed by atoms with Gasteiger partial charge in [0, 0.05) is 23.7 Å². The second-order valence-corrected chi connectivity index (χ2v) is 11.0. The van der Waals surface area contributed by atoms with E-state index in [-0.39, 0.29) is 29.3 Å². The molecule has 0 radical (unpaired) electrons. The summed E-state index contributed by atoms with van der Waals surface area (Å²) in [7, 11) is -0.271. The van der Waals surface area contributed by atoms with Crippen molar-refractivity contribution in [2.24, 2.45) is 0 Å². The Morgan fingerprint density at radius 3 is 2.06 bits per heavy atom. The van der Waals surface area contributed by atoms with Crippen molar-refractivity contribution in [3.8, 4) is 0 Å². The SMILES string of the molecule is CCn1nc(S(=O)(=O)NC(=O)Cc2c(C(C)C)cc(Cl)cc2C(C)C)cc1C(C)N(C)C. The first-order chi connectivity index (χ1) is 14.8. The molecule has 7 nitrogen and oxygen atoms in total. The number of nitrogens with zero attached hydrogens (tertiary/aromatic N) is 3. The van der Waals surface area contributed by atoms with Crippen molar-refractivity contribution in [2.45, 2.75) is 77.4 Å². The summed E-state index contributed by atoms with van der Waals surface area (Å²) >= 11 is 6.30. The normalized spacial score (nSPS) is 13.2. The number of hydrogen-bond donors (Lipinski definition) is 1. The van der Waals surface area contributed by atoms with Crippen molar-refractivity contribution in [3.63, 3.8) is 0 Å². The zero-order chi connectivity index (χ0) is 24.4. The molecule has 0 aliphatic carbocycles. The lowest BCUT2D eigenvalue weighted by Gasteiger charge is -2.20. The van der Waals surface area contributed by atoms with E-state index in [1.165, 1.54) is 6.07 Å². The third kappa shape index (κ3) is 5.91. The van der Waals surface area contributed by atoms with Gasteiger partial charge in [0.25, 0.3) is 10.0 Å². The number of aromatic nitrogens is 2. The molecule has 178 valence electrons. The molecular weight excluding hydrogens is 448 g/mol. The molecule has 0 bridgehead atoms. The molecule has 0 aliphatic rings. The Morgan fingerprint density at radius 2 is 1.62 bits per heavy atom. The smallest absolute Gasteiger partial charge is 0.283 e. The first kappa shape index (κ1) is 26.4. The van der Waals surface area contributed by atoms with Crippen molar-refractivity contribution in [2.75, 3.05) is 14.1 Å². The van der Waals surface area contributed by atoms with Gasteiger partial charge in [-0.1, -0.05) is 39.3 Å². The zero-order valence-corrected chi connectivity index (χ0v) is 21.8. The van der Waals surface area contributed by atoms with Gasteiger partial charge in [-0.25, -0.2) is 4.72 Å². The van der Waals surface area contributed by atoms with Gasteiger partial charge in [0.1, 0.15) is 0 Å². The van der Waals surface area contributed by atoms with Gasteiger partial charge in [0.2, 0.25) is 5.91 Å². The Labute approximate surface area is 197 Å². The standard InChI is InChI=1S/C23H35ClN4O3S/c1-9-28-21(16(6)27(7)8)13-23(25-28)32(30,31)26-22(29)12-20-18(14(2)3)10-17(24)11-19(20)15(4)5/h10-11,13-16H,9,12H2,1-8H3,(H,26,29). The Kier molecular flexibility index (Phi) is 8.53. The monoisotopic (exact) mass is 482 g/mol. The molecule has 32 heavy (non-hydrogen) atoms. The number of nitrogens with one attached hydrogen (secondary N) is 1. The maximum Gasteiger partial charge on any atom is 0.283 e. The summed E-state index contributed by atoms with van der Waals surface area (Å²) in [6, 6.07) is 5.21. The molecule has 9 heteroatoms. The molecule has 2 aromatic rings. The van der Waals surface area contributed by atoms with Gasteiger partial charge in [-0.05, 0) is 68.6 Å². The summed E-state index contributed by atoms with van der Waals surface area (Å²) < 4.78 is 29.8. The van der Waals surface area contributed by atoms with Gasteiger partial charge in [0.15, 0.2) is 5.03 Å². The highest BCUT2D eigenvalue weighted by atomic mass is 35.5. The highest BCUT2D eigenvalue weighted by Gasteiger charge is 2.26. The Balaban J connectivity index is 2.36. The molecule has 1 heterocycles. The van der Waals surface area contributed by atoms with Crippen LogP contribution in [-0.4, -0.2) is 43.1 Å². The molecule has 0 fully saturated rings. The van der Waals surface area contributed by atoms with Gasteiger partial charge in [-0.3, -0.25) is 9.48 Å². The highest BCUT2D eigenvalue weighted by Crippen LogP contribution is 2.32. The third-order valence-corrected chi connectivity index (χ3v) is 7.14. The third-order valence-electron chi connectivity index (χ3n) is 5.68. The van der Waals surface area contributed by atoms with Crippen LogP contribution >= 0.6 is 11.6 Å². The largest absolute Gasteiger partial charge is 0.301 e. The average molecular weight is 483 g/mol. The first-order valence-corrected chi connectivity index (χ1v) is 12.8. The van der Waals surface area contributed by atoms with Crippen LogP contribution in [0.15, 0.2) is 23.2 Å². The van der Waals surface area contributed by atoms with Crippen LogP contribution < -0.4 is 4.72 Å². The number of hydrogen-bond acceptors (Lipinski definition) is 5. The van der Waals surface area contributed by atoms with Gasteiger partial charge in [0.05, 0.1) is 12.1 Å². The fraction of sp³-hybridized carbons (Fsp3) is 0.565. The van der Waals surface area contributed by atoms with Crippen molar-refractivity contribution < 1.29 is 13.2 Å². The molecule has 2 rings (SSSR count). The molecule has 0 spiro atoms. The van der Waals surface area contributed by atoms with Crippen LogP contribution in [-0.2, 0) is 27.8 Å². The van der Waals surface area contributed by atoms with E-state index in [1.54, 1.807) is 4.68 Å². The van der Waals surface area contributed by atoms with Crippen molar-refractivity contribution in [3.05, 3.63) is 45.6 Å². The quantitative estimate of drug-likeness (QED) is 0.569. The summed E-state index contributed by atoms with van der Waals surface area (Å²) in [5, 5.41) is 4.70. The molecule has 0 aliphatic heterocycles. The molecule has 1 aromatic carbocycles. The van der Waals surface area contributed by atoms with Crippen LogP contribution in [0.3, 0.4) is 0 Å². The molecular formula is C23H35ClN4O3S. The lowest BCUT2D eigenvalue weighted by atomic mass is 9.87. The molecule has 1 N–H and O–H groups in total. The van der Waals surface area contributed by atoms with Crippen LogP contribution in [0.25, 0.3) is 0 Å². The maximum atomic E-state index is 13.0. The fourth-order valence-corrected chi connectivity index (χ4v) is 4.90. The van der Waals surface area contributed by atoms with Gasteiger partial charge in [-0.2, -0.15) is 13.5 Å². The Bertz CT molecular complexity index is 1050. The number of carbonyl (C=O) groups excluding carboxylic acids is 1. The number of aryl methyl sites for hydroxylation is 1. The lowest BCUT2D eigenvalue weighted by molar-refractivity contribution is -0.118. The minimum Gasteiger partial charge on any atom is -0.301 e. The summed E-state index contributed by atoms with van der Waals surface area (Å²) in [6.45, 7) is 12.5. The molecule has 1 aromatic heterocycles. The number of benzene rings is 1. The average Bonchev–Trinajstić information content (AvgIpc) is 3.12. The number of sulfonamides is 1. The fourth-order valence-electron chi connectivity index (χ4n) is 3.70. The molecule has 0 saturated carbocycles. The van der Waals surface area contributed by atoms with Crippen molar-refractivity contribution in [1.29, 1.82) is 0 Å². The molecule has 1 amide bonds. The van der Waals surface area contributed by atoms with E-state index in [4.69, 9.17) is 11.6 Å². The predicted molar refractivity (Wildman–Crippen MR) is 129 cm³/mol. The summed E-state index contributed by atoms with van der Waals surface area (Å²) in [6.07, 6.45) is -0.0487. The van der Waals surface area contributed by atoms with E-state index < -0.39 is 15.9 Å². The van der Waals surface area contributed by atoms with E-state index in [0.29, 0.717) is 11.6 Å². The number of halogens is 1. The van der Waals surface area contributed by atoms with E-state index in [2.05, 4.69) is 9.82 Å².